The molecule has 0 aliphatic carbocycles. The number of aliphatic carboxylic acids is 1. The first-order valence-corrected chi connectivity index (χ1v) is 14.3. The average molecular weight is 576 g/mol. The maximum Gasteiger partial charge on any atom is 0.335 e. The van der Waals surface area contributed by atoms with Crippen LogP contribution in [0.15, 0.2) is 72.8 Å². The second-order valence-corrected chi connectivity index (χ2v) is 10.3. The third kappa shape index (κ3) is 8.99. The Labute approximate surface area is 245 Å². The number of hydrogen-bond acceptors (Lipinski definition) is 6. The quantitative estimate of drug-likeness (QED) is 0.226. The summed E-state index contributed by atoms with van der Waals surface area (Å²) < 4.78 is 17.5. The Morgan fingerprint density at radius 1 is 0.786 bits per heavy atom. The molecule has 1 unspecified atom stereocenters. The Hall–Kier alpha value is -4.53. The third-order valence-electron chi connectivity index (χ3n) is 7.12. The molecule has 0 aromatic heterocycles. The molecule has 1 aliphatic rings. The number of piperidine rings is 1. The minimum atomic E-state index is -1.15. The standard InChI is InChI=1S/C33H37NO8/c35-31(34-18-6-9-26(23-34)33(38)39)29-22-25(32(36)37)14-17-30(29)42-21-7-8-24-12-15-28(16-13-24)41-20-5-4-19-40-27-10-2-1-3-11-27/h1-3,10-17,22,26H,4-9,18-21,23H2,(H,36,37)(H,38,39). The summed E-state index contributed by atoms with van der Waals surface area (Å²) >= 11 is 0. The van der Waals surface area contributed by atoms with E-state index in [1.807, 2.05) is 54.6 Å². The van der Waals surface area contributed by atoms with Gasteiger partial charge in [0.1, 0.15) is 17.2 Å². The van der Waals surface area contributed by atoms with Gasteiger partial charge in [-0.15, -0.1) is 0 Å². The van der Waals surface area contributed by atoms with Crippen LogP contribution >= 0.6 is 0 Å². The van der Waals surface area contributed by atoms with Crippen LogP contribution in [0.3, 0.4) is 0 Å². The number of para-hydroxylation sites is 1. The molecule has 3 aromatic carbocycles. The molecule has 9 nitrogen and oxygen atoms in total. The molecule has 42 heavy (non-hydrogen) atoms. The molecule has 3 aromatic rings. The van der Waals surface area contributed by atoms with Crippen LogP contribution in [0, 0.1) is 5.92 Å². The van der Waals surface area contributed by atoms with E-state index in [0.29, 0.717) is 51.4 Å². The predicted octanol–water partition coefficient (Wildman–Crippen LogP) is 5.57. The minimum Gasteiger partial charge on any atom is -0.494 e. The number of carboxylic acids is 2. The van der Waals surface area contributed by atoms with Crippen molar-refractivity contribution in [1.82, 2.24) is 4.90 Å². The van der Waals surface area contributed by atoms with E-state index in [2.05, 4.69) is 0 Å². The van der Waals surface area contributed by atoms with E-state index in [0.717, 1.165) is 36.3 Å². The van der Waals surface area contributed by atoms with Gasteiger partial charge in [0.05, 0.1) is 36.9 Å². The number of carboxylic acid groups (broad SMARTS) is 2. The molecule has 2 N–H and O–H groups in total. The van der Waals surface area contributed by atoms with E-state index in [9.17, 15) is 24.6 Å². The third-order valence-corrected chi connectivity index (χ3v) is 7.12. The molecule has 0 radical (unpaired) electrons. The molecule has 222 valence electrons. The van der Waals surface area contributed by atoms with Crippen LogP contribution in [-0.2, 0) is 11.2 Å². The summed E-state index contributed by atoms with van der Waals surface area (Å²) in [7, 11) is 0. The van der Waals surface area contributed by atoms with Crippen molar-refractivity contribution in [2.75, 3.05) is 32.9 Å². The van der Waals surface area contributed by atoms with E-state index in [1.165, 1.54) is 23.1 Å². The van der Waals surface area contributed by atoms with Crippen LogP contribution in [0.4, 0.5) is 0 Å². The summed E-state index contributed by atoms with van der Waals surface area (Å²) in [6.07, 6.45) is 4.31. The highest BCUT2D eigenvalue weighted by molar-refractivity contribution is 6.00. The number of amides is 1. The van der Waals surface area contributed by atoms with Crippen molar-refractivity contribution < 1.29 is 38.8 Å². The number of rotatable bonds is 15. The highest BCUT2D eigenvalue weighted by Gasteiger charge is 2.30. The summed E-state index contributed by atoms with van der Waals surface area (Å²) in [6, 6.07) is 21.9. The van der Waals surface area contributed by atoms with Gasteiger partial charge in [0.2, 0.25) is 0 Å². The topological polar surface area (TPSA) is 123 Å². The SMILES string of the molecule is O=C(O)c1ccc(OCCCc2ccc(OCCCCOc3ccccc3)cc2)c(C(=O)N2CCCC(C(=O)O)C2)c1. The number of hydrogen-bond donors (Lipinski definition) is 2. The summed E-state index contributed by atoms with van der Waals surface area (Å²) in [4.78, 5) is 37.7. The molecular formula is C33H37NO8. The summed E-state index contributed by atoms with van der Waals surface area (Å²) in [5, 5.41) is 18.8. The molecular weight excluding hydrogens is 538 g/mol. The number of nitrogens with zero attached hydrogens (tertiary/aromatic N) is 1. The number of carbonyl (C=O) groups excluding carboxylic acids is 1. The highest BCUT2D eigenvalue weighted by atomic mass is 16.5. The fourth-order valence-electron chi connectivity index (χ4n) is 4.80. The summed E-state index contributed by atoms with van der Waals surface area (Å²) in [5.41, 5.74) is 1.22. The van der Waals surface area contributed by atoms with Crippen LogP contribution in [-0.4, -0.2) is 65.9 Å². The van der Waals surface area contributed by atoms with Gasteiger partial charge < -0.3 is 29.3 Å². The van der Waals surface area contributed by atoms with E-state index < -0.39 is 23.8 Å². The number of unbranched alkanes of at least 4 members (excludes halogenated alkanes) is 1. The molecule has 1 heterocycles. The molecule has 0 saturated carbocycles. The fourth-order valence-corrected chi connectivity index (χ4v) is 4.80. The van der Waals surface area contributed by atoms with Crippen molar-refractivity contribution in [2.24, 2.45) is 5.92 Å². The van der Waals surface area contributed by atoms with Gasteiger partial charge in [0.15, 0.2) is 0 Å². The first-order valence-electron chi connectivity index (χ1n) is 14.3. The maximum atomic E-state index is 13.3. The van der Waals surface area contributed by atoms with Crippen molar-refractivity contribution in [3.8, 4) is 17.2 Å². The van der Waals surface area contributed by atoms with E-state index >= 15 is 0 Å². The van der Waals surface area contributed by atoms with Gasteiger partial charge in [-0.2, -0.15) is 0 Å². The highest BCUT2D eigenvalue weighted by Crippen LogP contribution is 2.26. The molecule has 1 fully saturated rings. The van der Waals surface area contributed by atoms with Gasteiger partial charge in [0.25, 0.3) is 5.91 Å². The molecule has 1 amide bonds. The number of ether oxygens (including phenoxy) is 3. The van der Waals surface area contributed by atoms with Gasteiger partial charge in [-0.1, -0.05) is 30.3 Å². The van der Waals surface area contributed by atoms with Crippen LogP contribution < -0.4 is 14.2 Å². The van der Waals surface area contributed by atoms with E-state index in [-0.39, 0.29) is 17.7 Å². The van der Waals surface area contributed by atoms with E-state index in [1.54, 1.807) is 0 Å². The Morgan fingerprint density at radius 3 is 2.12 bits per heavy atom. The lowest BCUT2D eigenvalue weighted by Gasteiger charge is -2.31. The normalized spacial score (nSPS) is 14.7. The Balaban J connectivity index is 1.22. The van der Waals surface area contributed by atoms with Crippen molar-refractivity contribution in [3.63, 3.8) is 0 Å². The monoisotopic (exact) mass is 575 g/mol. The number of benzene rings is 3. The van der Waals surface area contributed by atoms with Crippen molar-refractivity contribution in [1.29, 1.82) is 0 Å². The van der Waals surface area contributed by atoms with E-state index in [4.69, 9.17) is 14.2 Å². The number of carbonyl (C=O) groups is 3. The van der Waals surface area contributed by atoms with Gasteiger partial charge >= 0.3 is 11.9 Å². The first-order chi connectivity index (χ1) is 20.4. The van der Waals surface area contributed by atoms with Crippen LogP contribution in [0.5, 0.6) is 17.2 Å². The van der Waals surface area contributed by atoms with Crippen molar-refractivity contribution >= 4 is 17.8 Å². The van der Waals surface area contributed by atoms with Crippen LogP contribution in [0.2, 0.25) is 0 Å². The minimum absolute atomic E-state index is 0.0275. The number of likely N-dealkylation sites (tertiary alicyclic amines) is 1. The second-order valence-electron chi connectivity index (χ2n) is 10.3. The fraction of sp³-hybridized carbons (Fsp3) is 0.364. The molecule has 4 rings (SSSR count). The zero-order valence-electron chi connectivity index (χ0n) is 23.6. The Kier molecular flexibility index (Phi) is 11.2. The van der Waals surface area contributed by atoms with Crippen LogP contribution in [0.1, 0.15) is 58.4 Å². The van der Waals surface area contributed by atoms with Crippen molar-refractivity contribution in [3.05, 3.63) is 89.5 Å². The van der Waals surface area contributed by atoms with Gasteiger partial charge in [0, 0.05) is 13.1 Å². The predicted molar refractivity (Wildman–Crippen MR) is 157 cm³/mol. The maximum absolute atomic E-state index is 13.3. The lowest BCUT2D eigenvalue weighted by atomic mass is 9.97. The van der Waals surface area contributed by atoms with Gasteiger partial charge in [-0.3, -0.25) is 9.59 Å². The number of aromatic carboxylic acids is 1. The first kappa shape index (κ1) is 30.4. The Morgan fingerprint density at radius 2 is 1.45 bits per heavy atom. The zero-order valence-corrected chi connectivity index (χ0v) is 23.6. The lowest BCUT2D eigenvalue weighted by molar-refractivity contribution is -0.143. The summed E-state index contributed by atoms with van der Waals surface area (Å²) in [6.45, 7) is 2.10. The second kappa shape index (κ2) is 15.5. The van der Waals surface area contributed by atoms with Crippen molar-refractivity contribution in [2.45, 2.75) is 38.5 Å². The largest absolute Gasteiger partial charge is 0.494 e. The molecule has 1 atom stereocenters. The van der Waals surface area contributed by atoms with Gasteiger partial charge in [-0.05, 0) is 86.6 Å². The average Bonchev–Trinajstić information content (AvgIpc) is 3.01. The molecule has 0 bridgehead atoms. The van der Waals surface area contributed by atoms with Gasteiger partial charge in [-0.25, -0.2) is 4.79 Å². The smallest absolute Gasteiger partial charge is 0.335 e. The van der Waals surface area contributed by atoms with Crippen LogP contribution in [0.25, 0.3) is 0 Å². The lowest BCUT2D eigenvalue weighted by Crippen LogP contribution is -2.42. The molecule has 1 aliphatic heterocycles. The summed E-state index contributed by atoms with van der Waals surface area (Å²) in [5.74, 6) is -1.17. The zero-order chi connectivity index (χ0) is 29.7. The Bertz CT molecular complexity index is 1330. The molecule has 0 spiro atoms. The molecule has 1 saturated heterocycles. The molecule has 9 heteroatoms. The number of aryl methyl sites for hydroxylation is 1.